The predicted octanol–water partition coefficient (Wildman–Crippen LogP) is 3.35. The molecule has 0 aliphatic heterocycles. The summed E-state index contributed by atoms with van der Waals surface area (Å²) in [5.41, 5.74) is 1.37. The Kier molecular flexibility index (Phi) is 3.80. The predicted molar refractivity (Wildman–Crippen MR) is 72.7 cm³/mol. The number of aryl methyl sites for hydroxylation is 2. The lowest BCUT2D eigenvalue weighted by molar-refractivity contribution is 0.0694. The Balaban J connectivity index is 2.43. The van der Waals surface area contributed by atoms with Crippen molar-refractivity contribution in [3.8, 4) is 11.6 Å². The van der Waals surface area contributed by atoms with E-state index in [1.54, 1.807) is 32.2 Å². The van der Waals surface area contributed by atoms with E-state index < -0.39 is 5.97 Å². The minimum Gasteiger partial charge on any atom is -0.478 e. The van der Waals surface area contributed by atoms with Crippen LogP contribution in [0, 0.1) is 13.8 Å². The fraction of sp³-hybridized carbons (Fsp3) is 0.154. The van der Waals surface area contributed by atoms with Crippen molar-refractivity contribution >= 4 is 21.9 Å². The highest BCUT2D eigenvalue weighted by molar-refractivity contribution is 9.10. The summed E-state index contributed by atoms with van der Waals surface area (Å²) in [7, 11) is 0. The van der Waals surface area contributed by atoms with Crippen LogP contribution in [0.1, 0.15) is 21.7 Å². The third-order valence-corrected chi connectivity index (χ3v) is 2.90. The molecule has 0 amide bonds. The lowest BCUT2D eigenvalue weighted by Gasteiger charge is -2.10. The number of benzene rings is 1. The van der Waals surface area contributed by atoms with Crippen LogP contribution in [0.4, 0.5) is 0 Å². The molecular formula is C13H11BrN2O3. The third-order valence-electron chi connectivity index (χ3n) is 2.41. The molecule has 0 fully saturated rings. The van der Waals surface area contributed by atoms with E-state index in [1.807, 2.05) is 0 Å². The Labute approximate surface area is 118 Å². The SMILES string of the molecule is Cc1cnc(C)c(Oc2ccc(Br)cc2C(=O)O)n1. The van der Waals surface area contributed by atoms with E-state index in [1.165, 1.54) is 6.07 Å². The van der Waals surface area contributed by atoms with Gasteiger partial charge in [-0.2, -0.15) is 0 Å². The second-order valence-corrected chi connectivity index (χ2v) is 4.87. The van der Waals surface area contributed by atoms with Gasteiger partial charge in [0.1, 0.15) is 11.3 Å². The minimum atomic E-state index is -1.06. The van der Waals surface area contributed by atoms with Crippen molar-refractivity contribution in [2.24, 2.45) is 0 Å². The molecule has 0 unspecified atom stereocenters. The highest BCUT2D eigenvalue weighted by Gasteiger charge is 2.14. The minimum absolute atomic E-state index is 0.0667. The highest BCUT2D eigenvalue weighted by Crippen LogP contribution is 2.28. The molecule has 19 heavy (non-hydrogen) atoms. The molecule has 1 heterocycles. The summed E-state index contributed by atoms with van der Waals surface area (Å²) >= 11 is 3.23. The van der Waals surface area contributed by atoms with E-state index in [0.717, 1.165) is 0 Å². The monoisotopic (exact) mass is 322 g/mol. The van der Waals surface area contributed by atoms with E-state index in [9.17, 15) is 4.79 Å². The summed E-state index contributed by atoms with van der Waals surface area (Å²) in [5.74, 6) is -0.516. The average Bonchev–Trinajstić information content (AvgIpc) is 2.35. The Hall–Kier alpha value is -1.95. The number of aromatic nitrogens is 2. The number of nitrogens with zero attached hydrogens (tertiary/aromatic N) is 2. The average molecular weight is 323 g/mol. The molecule has 0 bridgehead atoms. The summed E-state index contributed by atoms with van der Waals surface area (Å²) in [6, 6.07) is 4.77. The molecule has 5 nitrogen and oxygen atoms in total. The smallest absolute Gasteiger partial charge is 0.339 e. The van der Waals surface area contributed by atoms with Gasteiger partial charge in [-0.15, -0.1) is 0 Å². The number of halogens is 1. The summed E-state index contributed by atoms with van der Waals surface area (Å²) in [4.78, 5) is 19.5. The molecule has 2 aromatic rings. The molecule has 0 radical (unpaired) electrons. The van der Waals surface area contributed by atoms with Crippen molar-refractivity contribution in [2.45, 2.75) is 13.8 Å². The lowest BCUT2D eigenvalue weighted by atomic mass is 10.2. The molecule has 0 spiro atoms. The fourth-order valence-electron chi connectivity index (χ4n) is 1.47. The maximum absolute atomic E-state index is 11.2. The first-order valence-electron chi connectivity index (χ1n) is 5.48. The van der Waals surface area contributed by atoms with Crippen LogP contribution in [-0.4, -0.2) is 21.0 Å². The number of ether oxygens (including phenoxy) is 1. The van der Waals surface area contributed by atoms with Crippen molar-refractivity contribution in [3.63, 3.8) is 0 Å². The van der Waals surface area contributed by atoms with Crippen molar-refractivity contribution in [3.05, 3.63) is 45.8 Å². The molecular weight excluding hydrogens is 312 g/mol. The zero-order valence-corrected chi connectivity index (χ0v) is 11.9. The van der Waals surface area contributed by atoms with Crippen LogP contribution in [-0.2, 0) is 0 Å². The maximum atomic E-state index is 11.2. The summed E-state index contributed by atoms with van der Waals surface area (Å²) < 4.78 is 6.23. The van der Waals surface area contributed by atoms with Crippen LogP contribution in [0.2, 0.25) is 0 Å². The van der Waals surface area contributed by atoms with Crippen LogP contribution in [0.15, 0.2) is 28.9 Å². The molecule has 1 N–H and O–H groups in total. The first-order valence-corrected chi connectivity index (χ1v) is 6.27. The molecule has 0 aliphatic rings. The van der Waals surface area contributed by atoms with Gasteiger partial charge in [-0.25, -0.2) is 9.78 Å². The molecule has 0 atom stereocenters. The number of carboxylic acid groups (broad SMARTS) is 1. The van der Waals surface area contributed by atoms with E-state index in [0.29, 0.717) is 21.7 Å². The van der Waals surface area contributed by atoms with Gasteiger partial charge >= 0.3 is 5.97 Å². The van der Waals surface area contributed by atoms with E-state index in [4.69, 9.17) is 9.84 Å². The Morgan fingerprint density at radius 3 is 2.79 bits per heavy atom. The molecule has 1 aromatic carbocycles. The first-order chi connectivity index (χ1) is 8.97. The van der Waals surface area contributed by atoms with Crippen LogP contribution in [0.3, 0.4) is 0 Å². The summed E-state index contributed by atoms with van der Waals surface area (Å²) in [6.07, 6.45) is 1.63. The normalized spacial score (nSPS) is 10.3. The number of hydrogen-bond acceptors (Lipinski definition) is 4. The van der Waals surface area contributed by atoms with Gasteiger partial charge in [-0.1, -0.05) is 15.9 Å². The quantitative estimate of drug-likeness (QED) is 0.938. The van der Waals surface area contributed by atoms with Gasteiger partial charge in [0.25, 0.3) is 0 Å². The number of hydrogen-bond donors (Lipinski definition) is 1. The second-order valence-electron chi connectivity index (χ2n) is 3.95. The van der Waals surface area contributed by atoms with Crippen LogP contribution in [0.5, 0.6) is 11.6 Å². The second kappa shape index (κ2) is 5.36. The van der Waals surface area contributed by atoms with Gasteiger partial charge in [-0.3, -0.25) is 4.98 Å². The molecule has 1 aromatic heterocycles. The molecule has 2 rings (SSSR count). The highest BCUT2D eigenvalue weighted by atomic mass is 79.9. The van der Waals surface area contributed by atoms with Crippen molar-refractivity contribution in [2.75, 3.05) is 0 Å². The van der Waals surface area contributed by atoms with Crippen LogP contribution >= 0.6 is 15.9 Å². The summed E-state index contributed by atoms with van der Waals surface area (Å²) in [6.45, 7) is 3.54. The van der Waals surface area contributed by atoms with E-state index in [-0.39, 0.29) is 11.3 Å². The molecule has 0 saturated heterocycles. The number of aromatic carboxylic acids is 1. The molecule has 0 saturated carbocycles. The number of carbonyl (C=O) groups is 1. The Morgan fingerprint density at radius 2 is 2.11 bits per heavy atom. The largest absolute Gasteiger partial charge is 0.478 e. The fourth-order valence-corrected chi connectivity index (χ4v) is 1.84. The van der Waals surface area contributed by atoms with Crippen molar-refractivity contribution in [1.82, 2.24) is 9.97 Å². The topological polar surface area (TPSA) is 72.3 Å². The van der Waals surface area contributed by atoms with Gasteiger partial charge < -0.3 is 9.84 Å². The zero-order valence-electron chi connectivity index (χ0n) is 10.3. The van der Waals surface area contributed by atoms with Gasteiger partial charge in [-0.05, 0) is 32.0 Å². The Morgan fingerprint density at radius 1 is 1.37 bits per heavy atom. The lowest BCUT2D eigenvalue weighted by Crippen LogP contribution is -2.02. The Bertz CT molecular complexity index is 644. The van der Waals surface area contributed by atoms with Gasteiger partial charge in [0.2, 0.25) is 5.88 Å². The van der Waals surface area contributed by atoms with E-state index in [2.05, 4.69) is 25.9 Å². The number of carboxylic acids is 1. The first kappa shape index (κ1) is 13.5. The molecule has 0 aliphatic carbocycles. The molecule has 6 heteroatoms. The number of rotatable bonds is 3. The van der Waals surface area contributed by atoms with Crippen molar-refractivity contribution in [1.29, 1.82) is 0 Å². The van der Waals surface area contributed by atoms with Gasteiger partial charge in [0.15, 0.2) is 0 Å². The van der Waals surface area contributed by atoms with Crippen molar-refractivity contribution < 1.29 is 14.6 Å². The third kappa shape index (κ3) is 3.08. The van der Waals surface area contributed by atoms with Gasteiger partial charge in [0.05, 0.1) is 11.4 Å². The molecule has 98 valence electrons. The van der Waals surface area contributed by atoms with Gasteiger partial charge in [0, 0.05) is 10.7 Å². The maximum Gasteiger partial charge on any atom is 0.339 e. The summed E-state index contributed by atoms with van der Waals surface area (Å²) in [5, 5.41) is 9.16. The van der Waals surface area contributed by atoms with Crippen LogP contribution < -0.4 is 4.74 Å². The van der Waals surface area contributed by atoms with Crippen LogP contribution in [0.25, 0.3) is 0 Å². The zero-order chi connectivity index (χ0) is 14.0. The standard InChI is InChI=1S/C13H11BrN2O3/c1-7-6-15-8(2)12(16-7)19-11-4-3-9(14)5-10(11)13(17)18/h3-6H,1-2H3,(H,17,18). The van der Waals surface area contributed by atoms with E-state index >= 15 is 0 Å².